The number of amides is 2. The Kier molecular flexibility index (Phi) is 6.79. The van der Waals surface area contributed by atoms with Crippen molar-refractivity contribution in [3.05, 3.63) is 99.3 Å². The highest BCUT2D eigenvalue weighted by molar-refractivity contribution is 7.99. The van der Waals surface area contributed by atoms with Crippen molar-refractivity contribution in [2.45, 2.75) is 25.9 Å². The summed E-state index contributed by atoms with van der Waals surface area (Å²) in [7, 11) is 0. The third-order valence-electron chi connectivity index (χ3n) is 5.37. The summed E-state index contributed by atoms with van der Waals surface area (Å²) >= 11 is 1.13. The Morgan fingerprint density at radius 2 is 1.56 bits per heavy atom. The molecular weight excluding hydrogens is 448 g/mol. The molecule has 0 saturated carbocycles. The Morgan fingerprint density at radius 3 is 2.26 bits per heavy atom. The molecule has 0 fully saturated rings. The van der Waals surface area contributed by atoms with Gasteiger partial charge in [0.05, 0.1) is 22.3 Å². The zero-order chi connectivity index (χ0) is 24.2. The van der Waals surface area contributed by atoms with E-state index in [1.807, 2.05) is 57.2 Å². The SMILES string of the molecule is Cc1ccc(C(=O)NNC(=O)CSc2nc3ccccc3c(=O)n2-c2c(C)cccc2C)cc1. The molecule has 0 bridgehead atoms. The van der Waals surface area contributed by atoms with E-state index in [0.29, 0.717) is 21.6 Å². The van der Waals surface area contributed by atoms with E-state index in [9.17, 15) is 14.4 Å². The van der Waals surface area contributed by atoms with Gasteiger partial charge in [-0.15, -0.1) is 0 Å². The van der Waals surface area contributed by atoms with Crippen molar-refractivity contribution in [3.8, 4) is 5.69 Å². The molecule has 2 amide bonds. The van der Waals surface area contributed by atoms with Crippen LogP contribution in [0.1, 0.15) is 27.0 Å². The highest BCUT2D eigenvalue weighted by Gasteiger charge is 2.17. The summed E-state index contributed by atoms with van der Waals surface area (Å²) < 4.78 is 1.57. The molecule has 0 atom stereocenters. The Morgan fingerprint density at radius 1 is 0.882 bits per heavy atom. The molecule has 7 nitrogen and oxygen atoms in total. The zero-order valence-electron chi connectivity index (χ0n) is 19.1. The third kappa shape index (κ3) is 4.87. The number of fused-ring (bicyclic) bond motifs is 1. The standard InChI is InChI=1S/C26H24N4O3S/c1-16-11-13-19(14-12-16)24(32)29-28-22(31)15-34-26-27-21-10-5-4-9-20(21)25(33)30(26)23-17(2)7-6-8-18(23)3/h4-14H,15H2,1-3H3,(H,28,31)(H,29,32). The number of hydrazine groups is 1. The predicted molar refractivity (Wildman–Crippen MR) is 134 cm³/mol. The molecule has 0 aliphatic carbocycles. The van der Waals surface area contributed by atoms with Gasteiger partial charge in [0.1, 0.15) is 0 Å². The van der Waals surface area contributed by atoms with E-state index in [1.54, 1.807) is 34.9 Å². The first-order valence-corrected chi connectivity index (χ1v) is 11.7. The van der Waals surface area contributed by atoms with Crippen molar-refractivity contribution in [3.63, 3.8) is 0 Å². The average molecular weight is 473 g/mol. The van der Waals surface area contributed by atoms with Gasteiger partial charge in [0, 0.05) is 5.56 Å². The van der Waals surface area contributed by atoms with Crippen LogP contribution < -0.4 is 16.4 Å². The molecule has 1 heterocycles. The molecule has 0 radical (unpaired) electrons. The van der Waals surface area contributed by atoms with Gasteiger partial charge >= 0.3 is 0 Å². The maximum atomic E-state index is 13.4. The Bertz CT molecular complexity index is 1420. The molecule has 0 aliphatic heterocycles. The fraction of sp³-hybridized carbons (Fsp3) is 0.154. The monoisotopic (exact) mass is 472 g/mol. The van der Waals surface area contributed by atoms with Gasteiger partial charge in [0.25, 0.3) is 11.5 Å². The van der Waals surface area contributed by atoms with Gasteiger partial charge in [0.15, 0.2) is 5.16 Å². The smallest absolute Gasteiger partial charge is 0.269 e. The lowest BCUT2D eigenvalue weighted by molar-refractivity contribution is -0.119. The van der Waals surface area contributed by atoms with Gasteiger partial charge in [0.2, 0.25) is 5.91 Å². The van der Waals surface area contributed by atoms with Crippen molar-refractivity contribution < 1.29 is 9.59 Å². The Balaban J connectivity index is 1.58. The number of carbonyl (C=O) groups is 2. The number of carbonyl (C=O) groups excluding carboxylic acids is 2. The first-order valence-electron chi connectivity index (χ1n) is 10.7. The van der Waals surface area contributed by atoms with Crippen LogP contribution in [-0.4, -0.2) is 27.1 Å². The minimum Gasteiger partial charge on any atom is -0.272 e. The topological polar surface area (TPSA) is 93.1 Å². The lowest BCUT2D eigenvalue weighted by atomic mass is 10.1. The maximum absolute atomic E-state index is 13.4. The van der Waals surface area contributed by atoms with Gasteiger partial charge in [-0.25, -0.2) is 4.98 Å². The summed E-state index contributed by atoms with van der Waals surface area (Å²) in [5.74, 6) is -0.861. The van der Waals surface area contributed by atoms with Crippen LogP contribution in [0.25, 0.3) is 16.6 Å². The van der Waals surface area contributed by atoms with Gasteiger partial charge in [-0.05, 0) is 56.2 Å². The van der Waals surface area contributed by atoms with E-state index in [1.165, 1.54) is 0 Å². The minimum absolute atomic E-state index is 0.0378. The number of hydrogen-bond donors (Lipinski definition) is 2. The normalized spacial score (nSPS) is 10.8. The van der Waals surface area contributed by atoms with Crippen molar-refractivity contribution in [2.24, 2.45) is 0 Å². The molecule has 0 saturated heterocycles. The summed E-state index contributed by atoms with van der Waals surface area (Å²) in [5, 5.41) is 0.908. The molecule has 2 N–H and O–H groups in total. The van der Waals surface area contributed by atoms with Crippen LogP contribution in [0.4, 0.5) is 0 Å². The second-order valence-corrected chi connectivity index (χ2v) is 8.89. The van der Waals surface area contributed by atoms with Crippen molar-refractivity contribution >= 4 is 34.5 Å². The molecule has 172 valence electrons. The highest BCUT2D eigenvalue weighted by Crippen LogP contribution is 2.25. The lowest BCUT2D eigenvalue weighted by Crippen LogP contribution is -2.42. The van der Waals surface area contributed by atoms with Crippen molar-refractivity contribution in [1.29, 1.82) is 0 Å². The van der Waals surface area contributed by atoms with E-state index in [-0.39, 0.29) is 11.3 Å². The first kappa shape index (κ1) is 23.3. The van der Waals surface area contributed by atoms with Crippen LogP contribution in [0.3, 0.4) is 0 Å². The van der Waals surface area contributed by atoms with E-state index < -0.39 is 11.8 Å². The van der Waals surface area contributed by atoms with Gasteiger partial charge in [-0.3, -0.25) is 29.8 Å². The van der Waals surface area contributed by atoms with Gasteiger partial charge in [-0.2, -0.15) is 0 Å². The maximum Gasteiger partial charge on any atom is 0.269 e. The highest BCUT2D eigenvalue weighted by atomic mass is 32.2. The minimum atomic E-state index is -0.416. The number of para-hydroxylation sites is 2. The molecule has 1 aromatic heterocycles. The van der Waals surface area contributed by atoms with Crippen LogP contribution in [0.2, 0.25) is 0 Å². The molecule has 34 heavy (non-hydrogen) atoms. The summed E-state index contributed by atoms with van der Waals surface area (Å²) in [6, 6.07) is 20.0. The molecule has 0 unspecified atom stereocenters. The molecule has 4 rings (SSSR count). The van der Waals surface area contributed by atoms with E-state index >= 15 is 0 Å². The summed E-state index contributed by atoms with van der Waals surface area (Å²) in [6.45, 7) is 5.80. The van der Waals surface area contributed by atoms with E-state index in [0.717, 1.165) is 34.1 Å². The van der Waals surface area contributed by atoms with Crippen LogP contribution >= 0.6 is 11.8 Å². The summed E-state index contributed by atoms with van der Waals surface area (Å²) in [4.78, 5) is 42.8. The zero-order valence-corrected chi connectivity index (χ0v) is 19.9. The Hall–Kier alpha value is -3.91. The third-order valence-corrected chi connectivity index (χ3v) is 6.31. The largest absolute Gasteiger partial charge is 0.272 e. The molecule has 4 aromatic rings. The van der Waals surface area contributed by atoms with Gasteiger partial charge in [-0.1, -0.05) is 59.8 Å². The molecule has 0 spiro atoms. The number of aryl methyl sites for hydroxylation is 3. The van der Waals surface area contributed by atoms with Crippen LogP contribution in [0, 0.1) is 20.8 Å². The summed E-state index contributed by atoms with van der Waals surface area (Å²) in [5.41, 5.74) is 9.29. The van der Waals surface area contributed by atoms with Crippen molar-refractivity contribution in [2.75, 3.05) is 5.75 Å². The lowest BCUT2D eigenvalue weighted by Gasteiger charge is -2.17. The summed E-state index contributed by atoms with van der Waals surface area (Å²) in [6.07, 6.45) is 0. The van der Waals surface area contributed by atoms with Crippen LogP contribution in [0.5, 0.6) is 0 Å². The molecule has 3 aromatic carbocycles. The second-order valence-electron chi connectivity index (χ2n) is 7.95. The molecule has 8 heteroatoms. The number of nitrogens with one attached hydrogen (secondary N) is 2. The van der Waals surface area contributed by atoms with Crippen LogP contribution in [-0.2, 0) is 4.79 Å². The molecular formula is C26H24N4O3S. The number of benzene rings is 3. The average Bonchev–Trinajstić information content (AvgIpc) is 2.83. The Labute approximate surface area is 201 Å². The van der Waals surface area contributed by atoms with E-state index in [2.05, 4.69) is 15.8 Å². The number of nitrogens with zero attached hydrogens (tertiary/aromatic N) is 2. The second kappa shape index (κ2) is 9.93. The first-order chi connectivity index (χ1) is 16.3. The van der Waals surface area contributed by atoms with E-state index in [4.69, 9.17) is 0 Å². The van der Waals surface area contributed by atoms with Crippen molar-refractivity contribution in [1.82, 2.24) is 20.4 Å². The number of aromatic nitrogens is 2. The fourth-order valence-electron chi connectivity index (χ4n) is 3.63. The molecule has 0 aliphatic rings. The number of thioether (sulfide) groups is 1. The number of hydrogen-bond acceptors (Lipinski definition) is 5. The quantitative estimate of drug-likeness (QED) is 0.261. The predicted octanol–water partition coefficient (Wildman–Crippen LogP) is 3.86. The fourth-order valence-corrected chi connectivity index (χ4v) is 4.43. The van der Waals surface area contributed by atoms with Gasteiger partial charge < -0.3 is 0 Å². The number of rotatable bonds is 5. The van der Waals surface area contributed by atoms with Crippen LogP contribution in [0.15, 0.2) is 76.7 Å².